The number of piperidine rings is 1. The van der Waals surface area contributed by atoms with E-state index in [1.54, 1.807) is 6.07 Å². The summed E-state index contributed by atoms with van der Waals surface area (Å²) in [5, 5.41) is 7.49. The van der Waals surface area contributed by atoms with Gasteiger partial charge in [0.15, 0.2) is 0 Å². The van der Waals surface area contributed by atoms with Crippen LogP contribution in [0.4, 0.5) is 0 Å². The van der Waals surface area contributed by atoms with Gasteiger partial charge in [-0.1, -0.05) is 59.6 Å². The summed E-state index contributed by atoms with van der Waals surface area (Å²) in [4.78, 5) is 12.7. The van der Waals surface area contributed by atoms with Crippen molar-refractivity contribution in [3.8, 4) is 0 Å². The Labute approximate surface area is 164 Å². The number of carbonyl (C=O) groups excluding carboxylic acids is 1. The molecule has 1 saturated heterocycles. The molecule has 0 spiro atoms. The molecule has 0 aromatic heterocycles. The van der Waals surface area contributed by atoms with E-state index in [2.05, 4.69) is 10.6 Å². The van der Waals surface area contributed by atoms with Crippen molar-refractivity contribution in [2.45, 2.75) is 18.9 Å². The fourth-order valence-corrected chi connectivity index (χ4v) is 3.35. The van der Waals surface area contributed by atoms with Gasteiger partial charge >= 0.3 is 0 Å². The zero-order valence-electron chi connectivity index (χ0n) is 13.7. The number of nitrogens with one attached hydrogen (secondary N) is 2. The summed E-state index contributed by atoms with van der Waals surface area (Å²) in [6, 6.07) is 15.2. The minimum absolute atomic E-state index is 0. The molecule has 1 unspecified atom stereocenters. The number of carbonyl (C=O) groups is 1. The van der Waals surface area contributed by atoms with Crippen molar-refractivity contribution in [1.82, 2.24) is 10.6 Å². The molecule has 3 nitrogen and oxygen atoms in total. The highest BCUT2D eigenvalue weighted by molar-refractivity contribution is 6.42. The Hall–Kier alpha value is -1.26. The van der Waals surface area contributed by atoms with Crippen LogP contribution < -0.4 is 10.6 Å². The first kappa shape index (κ1) is 20.1. The first-order valence-corrected chi connectivity index (χ1v) is 8.92. The maximum Gasteiger partial charge on any atom is 0.223 e. The van der Waals surface area contributed by atoms with Gasteiger partial charge in [0.25, 0.3) is 0 Å². The molecule has 134 valence electrons. The van der Waals surface area contributed by atoms with Gasteiger partial charge in [-0.2, -0.15) is 0 Å². The highest BCUT2D eigenvalue weighted by Crippen LogP contribution is 2.29. The molecule has 1 atom stereocenters. The van der Waals surface area contributed by atoms with Crippen LogP contribution in [-0.4, -0.2) is 19.0 Å². The Morgan fingerprint density at radius 3 is 2.32 bits per heavy atom. The Bertz CT molecular complexity index is 703. The van der Waals surface area contributed by atoms with Crippen LogP contribution in [0.2, 0.25) is 10.0 Å². The van der Waals surface area contributed by atoms with Gasteiger partial charge in [0.1, 0.15) is 0 Å². The van der Waals surface area contributed by atoms with E-state index in [1.807, 2.05) is 42.5 Å². The fourth-order valence-electron chi connectivity index (χ4n) is 3.04. The fraction of sp³-hybridized carbons (Fsp3) is 0.316. The topological polar surface area (TPSA) is 41.1 Å². The van der Waals surface area contributed by atoms with E-state index in [0.717, 1.165) is 37.1 Å². The molecule has 1 aliphatic rings. The summed E-state index contributed by atoms with van der Waals surface area (Å²) in [6.45, 7) is 1.78. The summed E-state index contributed by atoms with van der Waals surface area (Å²) in [7, 11) is 0. The lowest BCUT2D eigenvalue weighted by molar-refractivity contribution is -0.126. The second-order valence-corrected chi connectivity index (χ2v) is 6.86. The highest BCUT2D eigenvalue weighted by Gasteiger charge is 2.25. The Morgan fingerprint density at radius 1 is 1.00 bits per heavy atom. The van der Waals surface area contributed by atoms with Crippen LogP contribution in [0, 0.1) is 5.92 Å². The van der Waals surface area contributed by atoms with Gasteiger partial charge in [0, 0.05) is 5.92 Å². The molecule has 0 radical (unpaired) electrons. The zero-order valence-corrected chi connectivity index (χ0v) is 16.0. The van der Waals surface area contributed by atoms with E-state index in [9.17, 15) is 4.79 Å². The summed E-state index contributed by atoms with van der Waals surface area (Å²) in [5.74, 6) is 0.150. The third-order valence-corrected chi connectivity index (χ3v) is 5.15. The van der Waals surface area contributed by atoms with Crippen molar-refractivity contribution in [3.05, 3.63) is 69.7 Å². The number of amides is 1. The standard InChI is InChI=1S/C19H20Cl2N2O.ClH/c20-16-7-6-15(12-17(16)21)18(13-4-2-1-3-5-13)23-19(24)14-8-10-22-11-9-14;/h1-7,12,14,18,22H,8-11H2,(H,23,24);1H. The monoisotopic (exact) mass is 398 g/mol. The molecule has 1 amide bonds. The minimum atomic E-state index is -0.233. The molecule has 3 rings (SSSR count). The second-order valence-electron chi connectivity index (χ2n) is 6.05. The Balaban J connectivity index is 0.00000225. The second kappa shape index (κ2) is 9.44. The molecular formula is C19H21Cl3N2O. The summed E-state index contributed by atoms with van der Waals surface area (Å²) in [6.07, 6.45) is 1.74. The summed E-state index contributed by atoms with van der Waals surface area (Å²) >= 11 is 12.2. The van der Waals surface area contributed by atoms with Gasteiger partial charge in [-0.15, -0.1) is 12.4 Å². The molecule has 0 aliphatic carbocycles. The van der Waals surface area contributed by atoms with Gasteiger partial charge in [0.05, 0.1) is 16.1 Å². The molecule has 25 heavy (non-hydrogen) atoms. The van der Waals surface area contributed by atoms with Crippen LogP contribution >= 0.6 is 35.6 Å². The van der Waals surface area contributed by atoms with Gasteiger partial charge in [-0.25, -0.2) is 0 Å². The number of halogens is 3. The Morgan fingerprint density at radius 2 is 1.68 bits per heavy atom. The van der Waals surface area contributed by atoms with Gasteiger partial charge in [-0.3, -0.25) is 4.79 Å². The van der Waals surface area contributed by atoms with Gasteiger partial charge in [0.2, 0.25) is 5.91 Å². The van der Waals surface area contributed by atoms with Crippen molar-refractivity contribution in [2.75, 3.05) is 13.1 Å². The SMILES string of the molecule is Cl.O=C(NC(c1ccccc1)c1ccc(Cl)c(Cl)c1)C1CCNCC1. The van der Waals surface area contributed by atoms with E-state index in [4.69, 9.17) is 23.2 Å². The van der Waals surface area contributed by atoms with Crippen LogP contribution in [0.15, 0.2) is 48.5 Å². The van der Waals surface area contributed by atoms with Crippen LogP contribution in [-0.2, 0) is 4.79 Å². The molecule has 0 bridgehead atoms. The maximum absolute atomic E-state index is 12.7. The van der Waals surface area contributed by atoms with E-state index < -0.39 is 0 Å². The zero-order chi connectivity index (χ0) is 16.9. The van der Waals surface area contributed by atoms with Crippen LogP contribution in [0.25, 0.3) is 0 Å². The van der Waals surface area contributed by atoms with E-state index in [-0.39, 0.29) is 30.3 Å². The minimum Gasteiger partial charge on any atom is -0.345 e. The third kappa shape index (κ3) is 5.11. The number of rotatable bonds is 4. The molecule has 1 fully saturated rings. The normalized spacial score (nSPS) is 15.9. The molecular weight excluding hydrogens is 379 g/mol. The van der Waals surface area contributed by atoms with Gasteiger partial charge < -0.3 is 10.6 Å². The largest absolute Gasteiger partial charge is 0.345 e. The molecule has 2 N–H and O–H groups in total. The predicted octanol–water partition coefficient (Wildman–Crippen LogP) is 4.62. The van der Waals surface area contributed by atoms with Crippen LogP contribution in [0.3, 0.4) is 0 Å². The maximum atomic E-state index is 12.7. The smallest absolute Gasteiger partial charge is 0.223 e. The van der Waals surface area contributed by atoms with Crippen molar-refractivity contribution < 1.29 is 4.79 Å². The summed E-state index contributed by atoms with van der Waals surface area (Å²) in [5.41, 5.74) is 1.95. The predicted molar refractivity (Wildman–Crippen MR) is 106 cm³/mol. The van der Waals surface area contributed by atoms with E-state index in [0.29, 0.717) is 10.0 Å². The molecule has 2 aromatic rings. The third-order valence-electron chi connectivity index (χ3n) is 4.41. The Kier molecular flexibility index (Phi) is 7.57. The molecule has 1 aliphatic heterocycles. The lowest BCUT2D eigenvalue weighted by atomic mass is 9.94. The van der Waals surface area contributed by atoms with Crippen molar-refractivity contribution >= 4 is 41.5 Å². The van der Waals surface area contributed by atoms with Gasteiger partial charge in [-0.05, 0) is 49.2 Å². The highest BCUT2D eigenvalue weighted by atomic mass is 35.5. The molecule has 6 heteroatoms. The van der Waals surface area contributed by atoms with Crippen LogP contribution in [0.5, 0.6) is 0 Å². The molecule has 2 aromatic carbocycles. The number of hydrogen-bond acceptors (Lipinski definition) is 2. The van der Waals surface area contributed by atoms with Crippen molar-refractivity contribution in [2.24, 2.45) is 5.92 Å². The molecule has 0 saturated carbocycles. The average Bonchev–Trinajstić information content (AvgIpc) is 2.63. The first-order chi connectivity index (χ1) is 11.6. The average molecular weight is 400 g/mol. The quantitative estimate of drug-likeness (QED) is 0.787. The number of benzene rings is 2. The lowest BCUT2D eigenvalue weighted by Crippen LogP contribution is -2.40. The van der Waals surface area contributed by atoms with E-state index in [1.165, 1.54) is 0 Å². The lowest BCUT2D eigenvalue weighted by Gasteiger charge is -2.26. The first-order valence-electron chi connectivity index (χ1n) is 8.16. The van der Waals surface area contributed by atoms with Crippen molar-refractivity contribution in [3.63, 3.8) is 0 Å². The van der Waals surface area contributed by atoms with Crippen LogP contribution in [0.1, 0.15) is 30.0 Å². The van der Waals surface area contributed by atoms with E-state index >= 15 is 0 Å². The molecule has 1 heterocycles. The summed E-state index contributed by atoms with van der Waals surface area (Å²) < 4.78 is 0. The van der Waals surface area contributed by atoms with Crippen molar-refractivity contribution in [1.29, 1.82) is 0 Å². The number of hydrogen-bond donors (Lipinski definition) is 2.